The lowest BCUT2D eigenvalue weighted by atomic mass is 10.1. The minimum Gasteiger partial charge on any atom is -0.372 e. The molecule has 0 aliphatic heterocycles. The predicted molar refractivity (Wildman–Crippen MR) is 168 cm³/mol. The number of carbonyl (C=O) groups excluding carboxylic acids is 2. The molecule has 0 spiro atoms. The first-order valence-corrected chi connectivity index (χ1v) is 14.1. The number of aromatic nitrogens is 2. The summed E-state index contributed by atoms with van der Waals surface area (Å²) in [5, 5.41) is 0. The van der Waals surface area contributed by atoms with Crippen LogP contribution in [0.4, 0.5) is 5.69 Å². The summed E-state index contributed by atoms with van der Waals surface area (Å²) in [6, 6.07) is 18.2. The number of nitrogens with zero attached hydrogens (tertiary/aromatic N) is 3. The van der Waals surface area contributed by atoms with Gasteiger partial charge in [-0.15, -0.1) is 0 Å². The molecule has 1 aromatic heterocycles. The standard InChI is InChI=1S/C13H21N.C10H12N2O.C9H10O.C2H6/c1-4-10-14(11-5-2)13-8-6-12(3)7-9-13;1-7(13)4-5-10-6-11-9(3)12-8(10)2;1-2-9(10)8-6-4-3-5-7-8;1-2/h6-9H,4-5,10-11H2,1-3H3;4-6H,1-3H3;3-7H,2H2,1H3;1-2H3/b;5-4-;;. The second kappa shape index (κ2) is 21.3. The zero-order chi connectivity index (χ0) is 29.6. The first-order valence-electron chi connectivity index (χ1n) is 14.1. The normalized spacial score (nSPS) is 9.77. The molecule has 0 amide bonds. The van der Waals surface area contributed by atoms with Gasteiger partial charge in [-0.05, 0) is 64.8 Å². The van der Waals surface area contributed by atoms with Crippen molar-refractivity contribution >= 4 is 23.3 Å². The van der Waals surface area contributed by atoms with E-state index in [4.69, 9.17) is 0 Å². The van der Waals surface area contributed by atoms with Crippen LogP contribution in [-0.4, -0.2) is 34.6 Å². The molecule has 0 bridgehead atoms. The molecule has 3 rings (SSSR count). The average molecular weight is 532 g/mol. The van der Waals surface area contributed by atoms with Crippen molar-refractivity contribution in [3.63, 3.8) is 0 Å². The van der Waals surface area contributed by atoms with Gasteiger partial charge in [0.05, 0.1) is 0 Å². The number of Topliss-reactive ketones (excluding diaryl/α,β-unsaturated/α-hetero) is 1. The molecule has 0 radical (unpaired) electrons. The van der Waals surface area contributed by atoms with E-state index in [1.165, 1.54) is 37.1 Å². The van der Waals surface area contributed by atoms with Crippen molar-refractivity contribution in [2.45, 2.75) is 81.6 Å². The molecule has 0 aliphatic carbocycles. The Morgan fingerprint density at radius 1 is 0.846 bits per heavy atom. The predicted octanol–water partition coefficient (Wildman–Crippen LogP) is 8.62. The molecule has 2 aromatic carbocycles. The number of anilines is 1. The summed E-state index contributed by atoms with van der Waals surface area (Å²) in [5.74, 6) is 0.984. The van der Waals surface area contributed by atoms with Gasteiger partial charge in [0, 0.05) is 48.2 Å². The van der Waals surface area contributed by atoms with Crippen LogP contribution < -0.4 is 4.90 Å². The molecule has 5 nitrogen and oxygen atoms in total. The van der Waals surface area contributed by atoms with E-state index in [0.717, 1.165) is 35.7 Å². The van der Waals surface area contributed by atoms with Gasteiger partial charge < -0.3 is 4.90 Å². The Hall–Kier alpha value is -3.60. The number of rotatable bonds is 9. The molecule has 0 aliphatic rings. The van der Waals surface area contributed by atoms with E-state index in [2.05, 4.69) is 59.9 Å². The molecular weight excluding hydrogens is 482 g/mol. The van der Waals surface area contributed by atoms with Gasteiger partial charge in [0.15, 0.2) is 11.6 Å². The summed E-state index contributed by atoms with van der Waals surface area (Å²) >= 11 is 0. The van der Waals surface area contributed by atoms with Gasteiger partial charge in [0.1, 0.15) is 5.82 Å². The number of allylic oxidation sites excluding steroid dienone is 1. The third kappa shape index (κ3) is 15.4. The van der Waals surface area contributed by atoms with E-state index >= 15 is 0 Å². The Morgan fingerprint density at radius 3 is 1.87 bits per heavy atom. The molecule has 39 heavy (non-hydrogen) atoms. The minimum atomic E-state index is 0.0278. The zero-order valence-electron chi connectivity index (χ0n) is 25.6. The van der Waals surface area contributed by atoms with Crippen molar-refractivity contribution in [2.24, 2.45) is 0 Å². The highest BCUT2D eigenvalue weighted by molar-refractivity contribution is 5.95. The van der Waals surface area contributed by atoms with Gasteiger partial charge in [-0.2, -0.15) is 0 Å². The van der Waals surface area contributed by atoms with E-state index in [9.17, 15) is 9.59 Å². The molecule has 0 fully saturated rings. The second-order valence-corrected chi connectivity index (χ2v) is 8.87. The highest BCUT2D eigenvalue weighted by atomic mass is 16.1. The fraction of sp³-hybridized carbons (Fsp3) is 0.412. The van der Waals surface area contributed by atoms with Crippen LogP contribution in [0.15, 0.2) is 66.9 Å². The number of hydrogen-bond acceptors (Lipinski definition) is 5. The minimum absolute atomic E-state index is 0.0278. The second-order valence-electron chi connectivity index (χ2n) is 8.87. The molecule has 0 saturated carbocycles. The van der Waals surface area contributed by atoms with Gasteiger partial charge in [-0.3, -0.25) is 9.59 Å². The van der Waals surface area contributed by atoms with Gasteiger partial charge >= 0.3 is 0 Å². The van der Waals surface area contributed by atoms with E-state index in [0.29, 0.717) is 6.42 Å². The van der Waals surface area contributed by atoms with Gasteiger partial charge in [0.2, 0.25) is 0 Å². The molecule has 212 valence electrons. The Balaban J connectivity index is 0.000000544. The van der Waals surface area contributed by atoms with Crippen molar-refractivity contribution in [2.75, 3.05) is 18.0 Å². The third-order valence-electron chi connectivity index (χ3n) is 5.44. The average Bonchev–Trinajstić information content (AvgIpc) is 2.95. The molecule has 0 N–H and O–H groups in total. The molecule has 0 atom stereocenters. The van der Waals surface area contributed by atoms with Crippen LogP contribution in [0.5, 0.6) is 0 Å². The summed E-state index contributed by atoms with van der Waals surface area (Å²) in [7, 11) is 0. The van der Waals surface area contributed by atoms with Crippen molar-refractivity contribution in [3.05, 3.63) is 95.1 Å². The molecule has 3 aromatic rings. The quantitative estimate of drug-likeness (QED) is 0.204. The summed E-state index contributed by atoms with van der Waals surface area (Å²) in [6.45, 7) is 20.0. The molecular formula is C34H49N3O2. The first-order chi connectivity index (χ1) is 18.7. The first kappa shape index (κ1) is 35.4. The number of benzene rings is 2. The zero-order valence-corrected chi connectivity index (χ0v) is 25.6. The van der Waals surface area contributed by atoms with Crippen LogP contribution in [0.25, 0.3) is 6.08 Å². The Bertz CT molecular complexity index is 1100. The maximum atomic E-state index is 11.0. The molecule has 1 heterocycles. The van der Waals surface area contributed by atoms with E-state index in [-0.39, 0.29) is 11.6 Å². The monoisotopic (exact) mass is 531 g/mol. The largest absolute Gasteiger partial charge is 0.372 e. The van der Waals surface area contributed by atoms with Crippen LogP contribution in [0.3, 0.4) is 0 Å². The Labute approximate surface area is 237 Å². The highest BCUT2D eigenvalue weighted by Gasteiger charge is 2.03. The van der Waals surface area contributed by atoms with E-state index in [1.54, 1.807) is 12.3 Å². The number of hydrogen-bond donors (Lipinski definition) is 0. The lowest BCUT2D eigenvalue weighted by Crippen LogP contribution is -2.24. The van der Waals surface area contributed by atoms with Crippen LogP contribution in [0, 0.1) is 20.8 Å². The molecule has 0 unspecified atom stereocenters. The van der Waals surface area contributed by atoms with Crippen LogP contribution in [0.2, 0.25) is 0 Å². The molecule has 0 saturated heterocycles. The highest BCUT2D eigenvalue weighted by Crippen LogP contribution is 2.15. The van der Waals surface area contributed by atoms with Crippen molar-refractivity contribution in [1.29, 1.82) is 0 Å². The summed E-state index contributed by atoms with van der Waals surface area (Å²) in [5.41, 5.74) is 5.29. The van der Waals surface area contributed by atoms with E-state index in [1.807, 2.05) is 65.0 Å². The number of ketones is 2. The Kier molecular flexibility index (Phi) is 19.4. The van der Waals surface area contributed by atoms with Crippen molar-refractivity contribution in [1.82, 2.24) is 9.97 Å². The smallest absolute Gasteiger partial charge is 0.162 e. The van der Waals surface area contributed by atoms with Gasteiger partial charge in [-0.25, -0.2) is 9.97 Å². The van der Waals surface area contributed by atoms with Crippen LogP contribution in [-0.2, 0) is 4.79 Å². The lowest BCUT2D eigenvalue weighted by molar-refractivity contribution is -0.112. The van der Waals surface area contributed by atoms with Crippen molar-refractivity contribution in [3.8, 4) is 0 Å². The van der Waals surface area contributed by atoms with E-state index < -0.39 is 0 Å². The third-order valence-corrected chi connectivity index (χ3v) is 5.44. The maximum absolute atomic E-state index is 11.0. The summed E-state index contributed by atoms with van der Waals surface area (Å²) < 4.78 is 0. The van der Waals surface area contributed by atoms with Gasteiger partial charge in [0.25, 0.3) is 0 Å². The summed E-state index contributed by atoms with van der Waals surface area (Å²) in [6.07, 6.45) is 7.99. The number of carbonyl (C=O) groups is 2. The lowest BCUT2D eigenvalue weighted by Gasteiger charge is -2.23. The van der Waals surface area contributed by atoms with Crippen LogP contribution in [0.1, 0.15) is 93.8 Å². The van der Waals surface area contributed by atoms with Gasteiger partial charge in [-0.1, -0.05) is 82.6 Å². The van der Waals surface area contributed by atoms with Crippen LogP contribution >= 0.6 is 0 Å². The fourth-order valence-corrected chi connectivity index (χ4v) is 3.46. The fourth-order valence-electron chi connectivity index (χ4n) is 3.46. The number of aryl methyl sites for hydroxylation is 3. The topological polar surface area (TPSA) is 63.2 Å². The maximum Gasteiger partial charge on any atom is 0.162 e. The SMILES string of the molecule is CC.CC(=O)/C=C\c1cnc(C)nc1C.CCC(=O)c1ccccc1.CCCN(CCC)c1ccc(C)cc1. The Morgan fingerprint density at radius 2 is 1.41 bits per heavy atom. The van der Waals surface area contributed by atoms with Crippen molar-refractivity contribution < 1.29 is 9.59 Å². The molecule has 5 heteroatoms. The summed E-state index contributed by atoms with van der Waals surface area (Å²) in [4.78, 5) is 32.4.